The van der Waals surface area contributed by atoms with Crippen molar-refractivity contribution < 1.29 is 19.6 Å². The molecule has 0 aliphatic heterocycles. The number of hydrazone groups is 1. The van der Waals surface area contributed by atoms with Gasteiger partial charge in [-0.05, 0) is 55.0 Å². The number of phenols is 1. The second-order valence-corrected chi connectivity index (χ2v) is 7.65. The fourth-order valence-electron chi connectivity index (χ4n) is 2.60. The van der Waals surface area contributed by atoms with Crippen molar-refractivity contribution in [2.45, 2.75) is 6.92 Å². The van der Waals surface area contributed by atoms with Crippen LogP contribution in [0.5, 0.6) is 11.5 Å². The van der Waals surface area contributed by atoms with Gasteiger partial charge in [0, 0.05) is 16.1 Å². The number of halogens is 1. The summed E-state index contributed by atoms with van der Waals surface area (Å²) in [5.41, 5.74) is 4.12. The maximum Gasteiger partial charge on any atom is 0.311 e. The van der Waals surface area contributed by atoms with E-state index in [2.05, 4.69) is 36.7 Å². The molecule has 2 N–H and O–H groups in total. The van der Waals surface area contributed by atoms with Gasteiger partial charge in [0.25, 0.3) is 5.91 Å². The molecule has 33 heavy (non-hydrogen) atoms. The number of carbonyl (C=O) groups excluding carboxylic acids is 1. The van der Waals surface area contributed by atoms with E-state index < -0.39 is 17.4 Å². The number of amides is 1. The number of carbonyl (C=O) groups is 1. The van der Waals surface area contributed by atoms with Crippen LogP contribution in [-0.2, 0) is 4.79 Å². The van der Waals surface area contributed by atoms with Crippen LogP contribution in [0.4, 0.5) is 17.1 Å². The Morgan fingerprint density at radius 1 is 1.15 bits per heavy atom. The number of nitrogens with zero attached hydrogens (tertiary/aromatic N) is 4. The van der Waals surface area contributed by atoms with Crippen LogP contribution in [0.25, 0.3) is 0 Å². The van der Waals surface area contributed by atoms with Gasteiger partial charge in [-0.1, -0.05) is 28.1 Å². The molecule has 0 atom stereocenters. The van der Waals surface area contributed by atoms with Gasteiger partial charge in [-0.3, -0.25) is 14.9 Å². The smallest absolute Gasteiger partial charge is 0.311 e. The maximum absolute atomic E-state index is 12.0. The molecule has 3 aromatic rings. The summed E-state index contributed by atoms with van der Waals surface area (Å²) < 4.78 is 6.11. The second kappa shape index (κ2) is 11.0. The Kier molecular flexibility index (Phi) is 7.82. The van der Waals surface area contributed by atoms with Gasteiger partial charge in [0.15, 0.2) is 12.4 Å². The first-order valence-corrected chi connectivity index (χ1v) is 10.3. The van der Waals surface area contributed by atoms with Crippen LogP contribution < -0.4 is 10.2 Å². The molecule has 0 radical (unpaired) electrons. The maximum atomic E-state index is 12.0. The molecule has 168 valence electrons. The van der Waals surface area contributed by atoms with Crippen molar-refractivity contribution in [1.29, 1.82) is 0 Å². The Morgan fingerprint density at radius 2 is 1.91 bits per heavy atom. The lowest BCUT2D eigenvalue weighted by Gasteiger charge is -2.06. The Morgan fingerprint density at radius 3 is 2.64 bits per heavy atom. The molecule has 3 aromatic carbocycles. The number of hydrogen-bond acceptors (Lipinski definition) is 8. The van der Waals surface area contributed by atoms with E-state index in [0.29, 0.717) is 22.5 Å². The van der Waals surface area contributed by atoms with E-state index in [9.17, 15) is 20.0 Å². The molecule has 0 heterocycles. The number of hydrogen-bond donors (Lipinski definition) is 2. The van der Waals surface area contributed by atoms with Crippen molar-refractivity contribution in [2.75, 3.05) is 6.61 Å². The molecule has 0 aliphatic rings. The van der Waals surface area contributed by atoms with Crippen molar-refractivity contribution in [3.63, 3.8) is 0 Å². The monoisotopic (exact) mass is 511 g/mol. The Bertz CT molecular complexity index is 1250. The average molecular weight is 512 g/mol. The number of aromatic hydroxyl groups is 1. The first-order chi connectivity index (χ1) is 15.8. The van der Waals surface area contributed by atoms with E-state index in [1.54, 1.807) is 37.3 Å². The van der Waals surface area contributed by atoms with Gasteiger partial charge < -0.3 is 9.84 Å². The average Bonchev–Trinajstić information content (AvgIpc) is 2.78. The molecular weight excluding hydrogens is 494 g/mol. The highest BCUT2D eigenvalue weighted by molar-refractivity contribution is 9.10. The highest BCUT2D eigenvalue weighted by Gasteiger charge is 2.16. The predicted octanol–water partition coefficient (Wildman–Crippen LogP) is 5.32. The standard InChI is InChI=1S/C22H18BrN5O5/c1-14-5-8-21(19(9-14)28(31)32)33-13-22(30)27-24-12-15-10-18(6-7-20(15)29)26-25-17-4-2-3-16(23)11-17/h2-12,29H,13H2,1H3,(H,27,30)/b24-12-,26-25?. The lowest BCUT2D eigenvalue weighted by Crippen LogP contribution is -2.24. The molecular formula is C22H18BrN5O5. The molecule has 0 spiro atoms. The van der Waals surface area contributed by atoms with Crippen molar-refractivity contribution in [3.8, 4) is 11.5 Å². The van der Waals surface area contributed by atoms with E-state index in [4.69, 9.17) is 4.74 Å². The number of nitrogens with one attached hydrogen (secondary N) is 1. The summed E-state index contributed by atoms with van der Waals surface area (Å²) >= 11 is 3.36. The van der Waals surface area contributed by atoms with Gasteiger partial charge >= 0.3 is 5.69 Å². The van der Waals surface area contributed by atoms with Crippen molar-refractivity contribution in [1.82, 2.24) is 5.43 Å². The fraction of sp³-hybridized carbons (Fsp3) is 0.0909. The summed E-state index contributed by atoms with van der Waals surface area (Å²) in [5, 5.41) is 33.2. The molecule has 10 nitrogen and oxygen atoms in total. The van der Waals surface area contributed by atoms with Gasteiger partial charge in [-0.25, -0.2) is 5.43 Å². The summed E-state index contributed by atoms with van der Waals surface area (Å²) in [4.78, 5) is 22.5. The quantitative estimate of drug-likeness (QED) is 0.182. The largest absolute Gasteiger partial charge is 0.507 e. The molecule has 0 aromatic heterocycles. The van der Waals surface area contributed by atoms with E-state index in [-0.39, 0.29) is 17.2 Å². The van der Waals surface area contributed by atoms with E-state index in [0.717, 1.165) is 4.47 Å². The van der Waals surface area contributed by atoms with Crippen molar-refractivity contribution in [3.05, 3.63) is 86.4 Å². The third-order valence-electron chi connectivity index (χ3n) is 4.16. The highest BCUT2D eigenvalue weighted by atomic mass is 79.9. The summed E-state index contributed by atoms with van der Waals surface area (Å²) in [7, 11) is 0. The minimum atomic E-state index is -0.633. The van der Waals surface area contributed by atoms with Crippen LogP contribution in [0.1, 0.15) is 11.1 Å². The number of nitro benzene ring substituents is 1. The first-order valence-electron chi connectivity index (χ1n) is 9.52. The van der Waals surface area contributed by atoms with Crippen LogP contribution >= 0.6 is 15.9 Å². The van der Waals surface area contributed by atoms with Gasteiger partial charge in [-0.2, -0.15) is 15.3 Å². The zero-order chi connectivity index (χ0) is 23.8. The van der Waals surface area contributed by atoms with Crippen LogP contribution in [-0.4, -0.2) is 28.8 Å². The van der Waals surface area contributed by atoms with Gasteiger partial charge in [0.2, 0.25) is 0 Å². The number of benzene rings is 3. The summed E-state index contributed by atoms with van der Waals surface area (Å²) in [6, 6.07) is 16.3. The summed E-state index contributed by atoms with van der Waals surface area (Å²) in [6.07, 6.45) is 1.24. The fourth-order valence-corrected chi connectivity index (χ4v) is 2.99. The van der Waals surface area contributed by atoms with Crippen LogP contribution in [0, 0.1) is 17.0 Å². The zero-order valence-corrected chi connectivity index (χ0v) is 18.9. The number of ether oxygens (including phenoxy) is 1. The molecule has 0 aliphatic carbocycles. The number of phenolic OH excluding ortho intramolecular Hbond substituents is 1. The summed E-state index contributed by atoms with van der Waals surface area (Å²) in [6.45, 7) is 1.23. The molecule has 3 rings (SSSR count). The summed E-state index contributed by atoms with van der Waals surface area (Å²) in [5.74, 6) is -0.724. The number of nitro groups is 1. The molecule has 0 saturated carbocycles. The highest BCUT2D eigenvalue weighted by Crippen LogP contribution is 2.28. The van der Waals surface area contributed by atoms with Gasteiger partial charge in [0.05, 0.1) is 22.5 Å². The van der Waals surface area contributed by atoms with Crippen molar-refractivity contribution in [2.24, 2.45) is 15.3 Å². The number of aryl methyl sites for hydroxylation is 1. The SMILES string of the molecule is Cc1ccc(OCC(=O)N/N=C\c2cc(N=Nc3cccc(Br)c3)ccc2O)c([N+](=O)[O-])c1. The molecule has 0 bridgehead atoms. The predicted molar refractivity (Wildman–Crippen MR) is 125 cm³/mol. The Balaban J connectivity index is 1.60. The molecule has 0 unspecified atom stereocenters. The molecule has 0 fully saturated rings. The van der Waals surface area contributed by atoms with Crippen LogP contribution in [0.15, 0.2) is 80.5 Å². The van der Waals surface area contributed by atoms with Crippen LogP contribution in [0.3, 0.4) is 0 Å². The minimum absolute atomic E-state index is 0.0223. The lowest BCUT2D eigenvalue weighted by molar-refractivity contribution is -0.385. The molecule has 11 heteroatoms. The van der Waals surface area contributed by atoms with Gasteiger partial charge in [0.1, 0.15) is 5.75 Å². The lowest BCUT2D eigenvalue weighted by atomic mass is 10.2. The third-order valence-corrected chi connectivity index (χ3v) is 4.66. The Hall–Kier alpha value is -4.12. The zero-order valence-electron chi connectivity index (χ0n) is 17.3. The van der Waals surface area contributed by atoms with E-state index in [1.807, 2.05) is 12.1 Å². The minimum Gasteiger partial charge on any atom is -0.507 e. The van der Waals surface area contributed by atoms with E-state index >= 15 is 0 Å². The normalized spacial score (nSPS) is 11.1. The number of azo groups is 1. The molecule has 0 saturated heterocycles. The van der Waals surface area contributed by atoms with Crippen molar-refractivity contribution >= 4 is 45.1 Å². The van der Waals surface area contributed by atoms with E-state index in [1.165, 1.54) is 24.4 Å². The van der Waals surface area contributed by atoms with Gasteiger partial charge in [-0.15, -0.1) is 0 Å². The number of rotatable bonds is 8. The molecule has 1 amide bonds. The topological polar surface area (TPSA) is 139 Å². The Labute approximate surface area is 196 Å². The second-order valence-electron chi connectivity index (χ2n) is 6.73. The van der Waals surface area contributed by atoms with Crippen LogP contribution in [0.2, 0.25) is 0 Å². The third kappa shape index (κ3) is 6.94. The first kappa shape index (κ1) is 23.5.